The van der Waals surface area contributed by atoms with Crippen molar-refractivity contribution in [1.29, 1.82) is 10.5 Å². The number of halogens is 3. The summed E-state index contributed by atoms with van der Waals surface area (Å²) in [4.78, 5) is 19.0. The van der Waals surface area contributed by atoms with Gasteiger partial charge in [0, 0.05) is 17.1 Å². The molecule has 0 fully saturated rings. The Morgan fingerprint density at radius 2 is 0.783 bits per heavy atom. The Morgan fingerprint density at radius 3 is 1.08 bits per heavy atom. The molecular weight excluding hydrogens is 760 g/mol. The molecule has 0 saturated carbocycles. The van der Waals surface area contributed by atoms with Crippen LogP contribution in [0.1, 0.15) is 11.1 Å². The predicted molar refractivity (Wildman–Crippen MR) is 222 cm³/mol. The third-order valence-electron chi connectivity index (χ3n) is 10.3. The standard InChI is InChI=1S/C48H24F3N9/c1-54-30-19-22-36(39(51)25-30)48-57-42-44-40(55-46(59(44)32-13-7-3-8-14-32)34-20-17-28(26-52)23-37(34)49)43-41(45(42)60(48)33-15-9-4-10-16-33)56-47(58(43)31-11-5-2-6-12-31)35-21-18-29(27-53)24-38(35)50/h2-25H. The molecule has 12 heteroatoms. The first-order valence-corrected chi connectivity index (χ1v) is 18.5. The largest absolute Gasteiger partial charge is 0.290 e. The van der Waals surface area contributed by atoms with Crippen LogP contribution in [-0.2, 0) is 0 Å². The Bertz CT molecular complexity index is 3100. The SMILES string of the molecule is [C-]#[N+]c1ccc(-c2nc3c4c(nc(-c5ccc(C#N)cc5F)n4-c4ccccc4)c4c(nc(-c5ccc(C#N)cc5F)n4-c4ccccc4)c3n2-c2ccccc2)c(F)c1. The molecule has 0 atom stereocenters. The first-order valence-electron chi connectivity index (χ1n) is 18.5. The van der Waals surface area contributed by atoms with E-state index in [4.69, 9.17) is 21.5 Å². The molecule has 0 bridgehead atoms. The monoisotopic (exact) mass is 783 g/mol. The molecule has 0 N–H and O–H groups in total. The number of aromatic nitrogens is 6. The average Bonchev–Trinajstić information content (AvgIpc) is 3.99. The summed E-state index contributed by atoms with van der Waals surface area (Å²) in [5.74, 6) is -1.56. The van der Waals surface area contributed by atoms with Gasteiger partial charge in [-0.2, -0.15) is 10.5 Å². The maximum atomic E-state index is 16.3. The van der Waals surface area contributed by atoms with E-state index < -0.39 is 17.5 Å². The van der Waals surface area contributed by atoms with Gasteiger partial charge >= 0.3 is 0 Å². The number of rotatable bonds is 6. The molecule has 3 heterocycles. The fraction of sp³-hybridized carbons (Fsp3) is 0. The van der Waals surface area contributed by atoms with Crippen molar-refractivity contribution in [3.63, 3.8) is 0 Å². The van der Waals surface area contributed by atoms with Crippen molar-refractivity contribution in [1.82, 2.24) is 28.7 Å². The second-order valence-corrected chi connectivity index (χ2v) is 13.8. The summed E-state index contributed by atoms with van der Waals surface area (Å²) in [5, 5.41) is 19.2. The van der Waals surface area contributed by atoms with Crippen molar-refractivity contribution in [3.05, 3.63) is 186 Å². The molecule has 9 nitrogen and oxygen atoms in total. The number of imidazole rings is 3. The van der Waals surface area contributed by atoms with E-state index in [1.54, 1.807) is 13.7 Å². The number of hydrogen-bond donors (Lipinski definition) is 0. The number of fused-ring (bicyclic) bond motifs is 6. The Balaban J connectivity index is 1.50. The smallest absolute Gasteiger partial charge is 0.190 e. The molecular formula is C48H24F3N9. The van der Waals surface area contributed by atoms with Gasteiger partial charge in [0.2, 0.25) is 0 Å². The lowest BCUT2D eigenvalue weighted by Crippen LogP contribution is -2.01. The lowest BCUT2D eigenvalue weighted by Gasteiger charge is -2.13. The predicted octanol–water partition coefficient (Wildman–Crippen LogP) is 11.4. The normalized spacial score (nSPS) is 11.2. The molecule has 282 valence electrons. The molecule has 0 aliphatic carbocycles. The Hall–Kier alpha value is -8.79. The fourth-order valence-electron chi connectivity index (χ4n) is 7.73. The zero-order valence-corrected chi connectivity index (χ0v) is 31.0. The van der Waals surface area contributed by atoms with Gasteiger partial charge in [0.05, 0.1) is 46.5 Å². The van der Waals surface area contributed by atoms with Gasteiger partial charge in [-0.1, -0.05) is 66.7 Å². The maximum Gasteiger partial charge on any atom is 0.190 e. The second kappa shape index (κ2) is 14.0. The molecule has 0 amide bonds. The van der Waals surface area contributed by atoms with Crippen molar-refractivity contribution in [3.8, 4) is 63.4 Å². The van der Waals surface area contributed by atoms with Crippen molar-refractivity contribution in [2.75, 3.05) is 0 Å². The van der Waals surface area contributed by atoms with Gasteiger partial charge < -0.3 is 0 Å². The van der Waals surface area contributed by atoms with E-state index in [9.17, 15) is 10.5 Å². The summed E-state index contributed by atoms with van der Waals surface area (Å²) in [6.45, 7) is 7.51. The van der Waals surface area contributed by atoms with Crippen LogP contribution in [0.25, 0.3) is 89.2 Å². The van der Waals surface area contributed by atoms with Crippen LogP contribution in [0.3, 0.4) is 0 Å². The molecule has 7 aromatic carbocycles. The first-order chi connectivity index (χ1) is 29.4. The highest BCUT2D eigenvalue weighted by molar-refractivity contribution is 6.22. The third kappa shape index (κ3) is 5.50. The van der Waals surface area contributed by atoms with Crippen molar-refractivity contribution in [2.45, 2.75) is 0 Å². The van der Waals surface area contributed by atoms with Crippen LogP contribution in [0, 0.1) is 46.7 Å². The first kappa shape index (κ1) is 35.6. The van der Waals surface area contributed by atoms with E-state index in [2.05, 4.69) is 4.85 Å². The minimum atomic E-state index is -0.691. The molecule has 0 radical (unpaired) electrons. The number of benzene rings is 7. The van der Waals surface area contributed by atoms with E-state index in [0.717, 1.165) is 18.2 Å². The summed E-state index contributed by atoms with van der Waals surface area (Å²) < 4.78 is 54.2. The van der Waals surface area contributed by atoms with Gasteiger partial charge in [0.25, 0.3) is 0 Å². The zero-order chi connectivity index (χ0) is 41.1. The van der Waals surface area contributed by atoms with Crippen LogP contribution in [0.5, 0.6) is 0 Å². The van der Waals surface area contributed by atoms with Gasteiger partial charge in [-0.25, -0.2) is 33.0 Å². The van der Waals surface area contributed by atoms with Crippen LogP contribution in [0.15, 0.2) is 146 Å². The highest BCUT2D eigenvalue weighted by Gasteiger charge is 2.32. The third-order valence-corrected chi connectivity index (χ3v) is 10.3. The molecule has 3 aromatic heterocycles. The second-order valence-electron chi connectivity index (χ2n) is 13.8. The van der Waals surface area contributed by atoms with E-state index in [-0.39, 0.29) is 51.0 Å². The van der Waals surface area contributed by atoms with Gasteiger partial charge in [-0.15, -0.1) is 0 Å². The van der Waals surface area contributed by atoms with E-state index in [1.165, 1.54) is 36.4 Å². The molecule has 0 saturated heterocycles. The zero-order valence-electron chi connectivity index (χ0n) is 31.0. The van der Waals surface area contributed by atoms with Crippen molar-refractivity contribution in [2.24, 2.45) is 0 Å². The lowest BCUT2D eigenvalue weighted by molar-refractivity contribution is 0.628. The number of nitrogens with zero attached hydrogens (tertiary/aromatic N) is 9. The van der Waals surface area contributed by atoms with Crippen molar-refractivity contribution >= 4 is 38.8 Å². The number of nitriles is 2. The summed E-state index contributed by atoms with van der Waals surface area (Å²) in [5.41, 5.74) is 4.53. The van der Waals surface area contributed by atoms with E-state index in [1.807, 2.05) is 103 Å². The summed E-state index contributed by atoms with van der Waals surface area (Å²) >= 11 is 0. The van der Waals surface area contributed by atoms with Crippen LogP contribution >= 0.6 is 0 Å². The highest BCUT2D eigenvalue weighted by Crippen LogP contribution is 2.45. The Labute approximate surface area is 339 Å². The minimum absolute atomic E-state index is 0.0861. The molecule has 0 aliphatic rings. The number of hydrogen-bond acceptors (Lipinski definition) is 5. The van der Waals surface area contributed by atoms with E-state index >= 15 is 13.2 Å². The molecule has 0 spiro atoms. The highest BCUT2D eigenvalue weighted by atomic mass is 19.1. The van der Waals surface area contributed by atoms with Crippen LogP contribution in [-0.4, -0.2) is 28.7 Å². The van der Waals surface area contributed by atoms with Gasteiger partial charge in [-0.05, 0) is 78.9 Å². The quantitative estimate of drug-likeness (QED) is 0.156. The average molecular weight is 784 g/mol. The molecule has 10 aromatic rings. The Morgan fingerprint density at radius 1 is 0.450 bits per heavy atom. The van der Waals surface area contributed by atoms with Crippen LogP contribution in [0.2, 0.25) is 0 Å². The fourth-order valence-corrected chi connectivity index (χ4v) is 7.73. The molecule has 0 unspecified atom stereocenters. The molecule has 10 rings (SSSR count). The molecule has 0 aliphatic heterocycles. The van der Waals surface area contributed by atoms with Gasteiger partial charge in [0.1, 0.15) is 68.0 Å². The summed E-state index contributed by atoms with van der Waals surface area (Å²) in [7, 11) is 0. The lowest BCUT2D eigenvalue weighted by atomic mass is 10.1. The van der Waals surface area contributed by atoms with Crippen molar-refractivity contribution < 1.29 is 13.2 Å². The van der Waals surface area contributed by atoms with Crippen LogP contribution in [0.4, 0.5) is 18.9 Å². The van der Waals surface area contributed by atoms with Gasteiger partial charge in [-0.3, -0.25) is 13.7 Å². The summed E-state index contributed by atoms with van der Waals surface area (Å²) in [6, 6.07) is 44.0. The van der Waals surface area contributed by atoms with Gasteiger partial charge in [0.15, 0.2) is 5.69 Å². The number of para-hydroxylation sites is 3. The molecule has 60 heavy (non-hydrogen) atoms. The topological polar surface area (TPSA) is 105 Å². The minimum Gasteiger partial charge on any atom is -0.290 e. The Kier molecular flexibility index (Phi) is 8.31. The summed E-state index contributed by atoms with van der Waals surface area (Å²) in [6.07, 6.45) is 0. The van der Waals surface area contributed by atoms with Crippen LogP contribution < -0.4 is 0 Å². The maximum absolute atomic E-state index is 16.3. The van der Waals surface area contributed by atoms with E-state index in [0.29, 0.717) is 50.2 Å².